The maximum atomic E-state index is 12.4. The zero-order valence-corrected chi connectivity index (χ0v) is 14.1. The number of benzene rings is 1. The second kappa shape index (κ2) is 6.37. The molecule has 2 N–H and O–H groups in total. The van der Waals surface area contributed by atoms with E-state index >= 15 is 0 Å². The van der Waals surface area contributed by atoms with Crippen LogP contribution in [0.2, 0.25) is 5.02 Å². The zero-order chi connectivity index (χ0) is 16.5. The van der Waals surface area contributed by atoms with E-state index in [0.29, 0.717) is 22.0 Å². The lowest BCUT2D eigenvalue weighted by Gasteiger charge is -2.13. The SMILES string of the molecule is Cc1nn(C)c(C)c1S(=O)(=O)NCC(O)c1ccc(Cl)cc1. The van der Waals surface area contributed by atoms with Crippen LogP contribution in [0.1, 0.15) is 23.1 Å². The molecule has 1 aromatic carbocycles. The van der Waals surface area contributed by atoms with Gasteiger partial charge in [-0.2, -0.15) is 5.10 Å². The number of hydrogen-bond acceptors (Lipinski definition) is 4. The fourth-order valence-corrected chi connectivity index (χ4v) is 3.81. The van der Waals surface area contributed by atoms with Crippen molar-refractivity contribution in [2.24, 2.45) is 7.05 Å². The lowest BCUT2D eigenvalue weighted by Crippen LogP contribution is -2.29. The minimum Gasteiger partial charge on any atom is -0.387 e. The smallest absolute Gasteiger partial charge is 0.244 e. The van der Waals surface area contributed by atoms with Crippen molar-refractivity contribution < 1.29 is 13.5 Å². The molecule has 0 saturated heterocycles. The molecule has 0 radical (unpaired) electrons. The lowest BCUT2D eigenvalue weighted by molar-refractivity contribution is 0.182. The van der Waals surface area contributed by atoms with E-state index in [2.05, 4.69) is 9.82 Å². The molecule has 1 heterocycles. The molecule has 120 valence electrons. The Hall–Kier alpha value is -1.41. The Bertz CT molecular complexity index is 769. The second-order valence-electron chi connectivity index (χ2n) is 5.04. The number of sulfonamides is 1. The van der Waals surface area contributed by atoms with E-state index in [1.54, 1.807) is 45.2 Å². The minimum atomic E-state index is -3.73. The Labute approximate surface area is 134 Å². The molecular formula is C14H18ClN3O3S. The van der Waals surface area contributed by atoms with Crippen molar-refractivity contribution >= 4 is 21.6 Å². The van der Waals surface area contributed by atoms with Gasteiger partial charge >= 0.3 is 0 Å². The summed E-state index contributed by atoms with van der Waals surface area (Å²) in [5.74, 6) is 0. The molecule has 1 aromatic heterocycles. The first-order chi connectivity index (χ1) is 10.2. The molecule has 1 atom stereocenters. The molecule has 8 heteroatoms. The van der Waals surface area contributed by atoms with E-state index in [-0.39, 0.29) is 11.4 Å². The second-order valence-corrected chi connectivity index (χ2v) is 7.18. The summed E-state index contributed by atoms with van der Waals surface area (Å²) in [4.78, 5) is 0.151. The van der Waals surface area contributed by atoms with Gasteiger partial charge in [-0.15, -0.1) is 0 Å². The zero-order valence-electron chi connectivity index (χ0n) is 12.5. The van der Waals surface area contributed by atoms with Crippen LogP contribution in [0.4, 0.5) is 0 Å². The van der Waals surface area contributed by atoms with Crippen molar-refractivity contribution in [3.63, 3.8) is 0 Å². The van der Waals surface area contributed by atoms with Crippen LogP contribution in [-0.2, 0) is 17.1 Å². The predicted molar refractivity (Wildman–Crippen MR) is 84.3 cm³/mol. The van der Waals surface area contributed by atoms with Crippen molar-refractivity contribution in [2.75, 3.05) is 6.54 Å². The summed E-state index contributed by atoms with van der Waals surface area (Å²) in [6, 6.07) is 6.60. The first kappa shape index (κ1) is 17.0. The van der Waals surface area contributed by atoms with Crippen molar-refractivity contribution in [1.29, 1.82) is 0 Å². The molecule has 22 heavy (non-hydrogen) atoms. The summed E-state index contributed by atoms with van der Waals surface area (Å²) in [6.45, 7) is 3.19. The quantitative estimate of drug-likeness (QED) is 0.865. The van der Waals surface area contributed by atoms with Gasteiger partial charge in [0.15, 0.2) is 0 Å². The molecule has 2 rings (SSSR count). The van der Waals surface area contributed by atoms with Crippen LogP contribution in [0.3, 0.4) is 0 Å². The molecular weight excluding hydrogens is 326 g/mol. The molecule has 1 unspecified atom stereocenters. The van der Waals surface area contributed by atoms with Crippen molar-refractivity contribution in [1.82, 2.24) is 14.5 Å². The first-order valence-electron chi connectivity index (χ1n) is 6.66. The van der Waals surface area contributed by atoms with E-state index < -0.39 is 16.1 Å². The number of nitrogens with zero attached hydrogens (tertiary/aromatic N) is 2. The maximum Gasteiger partial charge on any atom is 0.244 e. The highest BCUT2D eigenvalue weighted by molar-refractivity contribution is 7.89. The molecule has 0 aliphatic carbocycles. The molecule has 6 nitrogen and oxygen atoms in total. The van der Waals surface area contributed by atoms with Crippen LogP contribution >= 0.6 is 11.6 Å². The Morgan fingerprint density at radius 1 is 1.32 bits per heavy atom. The Morgan fingerprint density at radius 3 is 2.41 bits per heavy atom. The fourth-order valence-electron chi connectivity index (χ4n) is 2.21. The number of halogens is 1. The number of hydrogen-bond donors (Lipinski definition) is 2. The van der Waals surface area contributed by atoms with E-state index in [1.807, 2.05) is 0 Å². The number of aromatic nitrogens is 2. The number of nitrogens with one attached hydrogen (secondary N) is 1. The Balaban J connectivity index is 2.14. The largest absolute Gasteiger partial charge is 0.387 e. The van der Waals surface area contributed by atoms with Crippen LogP contribution in [-0.4, -0.2) is 29.8 Å². The predicted octanol–water partition coefficient (Wildman–Crippen LogP) is 1.70. The molecule has 0 amide bonds. The van der Waals surface area contributed by atoms with Crippen molar-refractivity contribution in [2.45, 2.75) is 24.8 Å². The van der Waals surface area contributed by atoms with Crippen LogP contribution in [0.15, 0.2) is 29.2 Å². The van der Waals surface area contributed by atoms with Crippen LogP contribution in [0.25, 0.3) is 0 Å². The summed E-state index contributed by atoms with van der Waals surface area (Å²) in [7, 11) is -2.05. The van der Waals surface area contributed by atoms with Gasteiger partial charge < -0.3 is 5.11 Å². The molecule has 0 aliphatic rings. The van der Waals surface area contributed by atoms with Gasteiger partial charge in [-0.05, 0) is 31.5 Å². The number of aliphatic hydroxyl groups excluding tert-OH is 1. The van der Waals surface area contributed by atoms with Gasteiger partial charge in [0, 0.05) is 18.6 Å². The maximum absolute atomic E-state index is 12.4. The van der Waals surface area contributed by atoms with Crippen molar-refractivity contribution in [3.05, 3.63) is 46.2 Å². The third-order valence-electron chi connectivity index (χ3n) is 3.43. The summed E-state index contributed by atoms with van der Waals surface area (Å²) in [6.07, 6.45) is -0.954. The van der Waals surface area contributed by atoms with Gasteiger partial charge in [0.1, 0.15) is 4.90 Å². The van der Waals surface area contributed by atoms with Gasteiger partial charge in [-0.25, -0.2) is 13.1 Å². The molecule has 0 fully saturated rings. The van der Waals surface area contributed by atoms with Crippen LogP contribution in [0.5, 0.6) is 0 Å². The monoisotopic (exact) mass is 343 g/mol. The van der Waals surface area contributed by atoms with Gasteiger partial charge in [0.2, 0.25) is 10.0 Å². The van der Waals surface area contributed by atoms with E-state index in [0.717, 1.165) is 0 Å². The molecule has 0 saturated carbocycles. The van der Waals surface area contributed by atoms with Gasteiger partial charge in [-0.3, -0.25) is 4.68 Å². The molecule has 0 bridgehead atoms. The summed E-state index contributed by atoms with van der Waals surface area (Å²) in [5.41, 5.74) is 1.56. The third-order valence-corrected chi connectivity index (χ3v) is 5.36. The lowest BCUT2D eigenvalue weighted by atomic mass is 10.1. The standard InChI is InChI=1S/C14H18ClN3O3S/c1-9-14(10(2)18(3)17-9)22(20,21)16-8-13(19)11-4-6-12(15)7-5-11/h4-7,13,16,19H,8H2,1-3H3. The topological polar surface area (TPSA) is 84.2 Å². The van der Waals surface area contributed by atoms with E-state index in [9.17, 15) is 13.5 Å². The fraction of sp³-hybridized carbons (Fsp3) is 0.357. The normalized spacial score (nSPS) is 13.3. The highest BCUT2D eigenvalue weighted by Crippen LogP contribution is 2.20. The number of aryl methyl sites for hydroxylation is 2. The highest BCUT2D eigenvalue weighted by atomic mass is 35.5. The summed E-state index contributed by atoms with van der Waals surface area (Å²) in [5, 5.41) is 14.7. The van der Waals surface area contributed by atoms with Gasteiger partial charge in [0.25, 0.3) is 0 Å². The Kier molecular flexibility index (Phi) is 4.91. The minimum absolute atomic E-state index is 0.127. The van der Waals surface area contributed by atoms with E-state index in [4.69, 9.17) is 11.6 Å². The molecule has 2 aromatic rings. The molecule has 0 spiro atoms. The van der Waals surface area contributed by atoms with Crippen LogP contribution in [0, 0.1) is 13.8 Å². The number of aliphatic hydroxyl groups is 1. The average Bonchev–Trinajstić information content (AvgIpc) is 2.71. The Morgan fingerprint density at radius 2 is 1.91 bits per heavy atom. The van der Waals surface area contributed by atoms with Gasteiger partial charge in [-0.1, -0.05) is 23.7 Å². The van der Waals surface area contributed by atoms with E-state index in [1.165, 1.54) is 4.68 Å². The third kappa shape index (κ3) is 3.49. The first-order valence-corrected chi connectivity index (χ1v) is 8.52. The van der Waals surface area contributed by atoms with Crippen molar-refractivity contribution in [3.8, 4) is 0 Å². The number of rotatable bonds is 5. The highest BCUT2D eigenvalue weighted by Gasteiger charge is 2.24. The van der Waals surface area contributed by atoms with Crippen LogP contribution < -0.4 is 4.72 Å². The molecule has 0 aliphatic heterocycles. The van der Waals surface area contributed by atoms with Gasteiger partial charge in [0.05, 0.1) is 17.5 Å². The summed E-state index contributed by atoms with van der Waals surface area (Å²) < 4.78 is 28.7. The average molecular weight is 344 g/mol. The summed E-state index contributed by atoms with van der Waals surface area (Å²) >= 11 is 5.78.